The molecule has 0 aliphatic carbocycles. The van der Waals surface area contributed by atoms with Crippen molar-refractivity contribution in [3.8, 4) is 28.5 Å². The van der Waals surface area contributed by atoms with Crippen molar-refractivity contribution in [2.75, 3.05) is 19.5 Å². The third-order valence-electron chi connectivity index (χ3n) is 4.95. The minimum absolute atomic E-state index is 0.294. The predicted octanol–water partition coefficient (Wildman–Crippen LogP) is 4.72. The number of carbonyl (C=O) groups is 1. The van der Waals surface area contributed by atoms with Gasteiger partial charge in [-0.25, -0.2) is 4.98 Å². The van der Waals surface area contributed by atoms with Gasteiger partial charge in [-0.05, 0) is 55.5 Å². The van der Waals surface area contributed by atoms with E-state index in [0.717, 1.165) is 22.3 Å². The number of rotatable bonds is 7. The fourth-order valence-electron chi connectivity index (χ4n) is 3.19. The number of ether oxygens (including phenoxy) is 3. The van der Waals surface area contributed by atoms with E-state index in [1.165, 1.54) is 7.11 Å². The molecule has 0 bridgehead atoms. The summed E-state index contributed by atoms with van der Waals surface area (Å²) in [5, 5.41) is 2.82. The van der Waals surface area contributed by atoms with Crippen molar-refractivity contribution in [2.24, 2.45) is 0 Å². The van der Waals surface area contributed by atoms with E-state index in [2.05, 4.69) is 15.3 Å². The summed E-state index contributed by atoms with van der Waals surface area (Å²) >= 11 is 0. The van der Waals surface area contributed by atoms with E-state index in [1.54, 1.807) is 38.4 Å². The van der Waals surface area contributed by atoms with E-state index in [1.807, 2.05) is 48.5 Å². The summed E-state index contributed by atoms with van der Waals surface area (Å²) in [4.78, 5) is 21.7. The van der Waals surface area contributed by atoms with Crippen LogP contribution in [0.1, 0.15) is 6.92 Å². The van der Waals surface area contributed by atoms with E-state index < -0.39 is 6.10 Å². The van der Waals surface area contributed by atoms with Crippen LogP contribution < -0.4 is 19.5 Å². The first-order chi connectivity index (χ1) is 15.6. The number of aromatic nitrogens is 2. The number of hydrogen-bond acceptors (Lipinski definition) is 6. The standard InChI is InChI=1S/C25H23N3O4/c1-16(25(29)28-22-13-12-19(30-2)14-24(22)31-3)32-18-10-8-17(9-11-18)23-15-26-20-6-4-5-7-21(20)27-23/h4-16H,1-3H3,(H,28,29)/t16-/m1/s1. The second-order valence-electron chi connectivity index (χ2n) is 7.08. The Morgan fingerprint density at radius 1 is 0.906 bits per heavy atom. The summed E-state index contributed by atoms with van der Waals surface area (Å²) in [5.74, 6) is 1.43. The highest BCUT2D eigenvalue weighted by atomic mass is 16.5. The van der Waals surface area contributed by atoms with Crippen LogP contribution in [0.3, 0.4) is 0 Å². The van der Waals surface area contributed by atoms with Crippen molar-refractivity contribution in [1.29, 1.82) is 0 Å². The molecule has 4 rings (SSSR count). The second kappa shape index (κ2) is 9.34. The van der Waals surface area contributed by atoms with Gasteiger partial charge in [0.05, 0.1) is 42.8 Å². The third kappa shape index (κ3) is 4.62. The van der Waals surface area contributed by atoms with Crippen molar-refractivity contribution < 1.29 is 19.0 Å². The number of amides is 1. The number of anilines is 1. The maximum atomic E-state index is 12.6. The van der Waals surface area contributed by atoms with Crippen molar-refractivity contribution in [2.45, 2.75) is 13.0 Å². The minimum Gasteiger partial charge on any atom is -0.497 e. The summed E-state index contributed by atoms with van der Waals surface area (Å²) in [5.41, 5.74) is 3.91. The Morgan fingerprint density at radius 2 is 1.62 bits per heavy atom. The Kier molecular flexibility index (Phi) is 6.17. The molecule has 0 saturated heterocycles. The lowest BCUT2D eigenvalue weighted by molar-refractivity contribution is -0.122. The molecule has 0 fully saturated rings. The van der Waals surface area contributed by atoms with E-state index >= 15 is 0 Å². The summed E-state index contributed by atoms with van der Waals surface area (Å²) < 4.78 is 16.3. The number of carbonyl (C=O) groups excluding carboxylic acids is 1. The topological polar surface area (TPSA) is 82.6 Å². The van der Waals surface area contributed by atoms with Gasteiger partial charge in [-0.1, -0.05) is 12.1 Å². The zero-order valence-electron chi connectivity index (χ0n) is 18.0. The average Bonchev–Trinajstić information content (AvgIpc) is 2.84. The van der Waals surface area contributed by atoms with Crippen molar-refractivity contribution in [1.82, 2.24) is 9.97 Å². The molecule has 162 valence electrons. The number of para-hydroxylation sites is 2. The Morgan fingerprint density at radius 3 is 2.34 bits per heavy atom. The van der Waals surface area contributed by atoms with Crippen LogP contribution in [0, 0.1) is 0 Å². The van der Waals surface area contributed by atoms with Crippen LogP contribution in [-0.2, 0) is 4.79 Å². The molecule has 1 heterocycles. The molecule has 7 nitrogen and oxygen atoms in total. The lowest BCUT2D eigenvalue weighted by atomic mass is 10.1. The van der Waals surface area contributed by atoms with Crippen molar-refractivity contribution in [3.63, 3.8) is 0 Å². The fourth-order valence-corrected chi connectivity index (χ4v) is 3.19. The fraction of sp³-hybridized carbons (Fsp3) is 0.160. The molecule has 0 aliphatic rings. The highest BCUT2D eigenvalue weighted by Crippen LogP contribution is 2.29. The van der Waals surface area contributed by atoms with E-state index in [9.17, 15) is 4.79 Å². The minimum atomic E-state index is -0.715. The lowest BCUT2D eigenvalue weighted by Crippen LogP contribution is -2.30. The third-order valence-corrected chi connectivity index (χ3v) is 4.95. The van der Waals surface area contributed by atoms with Gasteiger partial charge in [0.2, 0.25) is 0 Å². The first-order valence-corrected chi connectivity index (χ1v) is 10.1. The molecule has 1 amide bonds. The van der Waals surface area contributed by atoms with Crippen molar-refractivity contribution in [3.05, 3.63) is 72.9 Å². The predicted molar refractivity (Wildman–Crippen MR) is 123 cm³/mol. The van der Waals surface area contributed by atoms with Gasteiger partial charge in [0.15, 0.2) is 6.10 Å². The van der Waals surface area contributed by atoms with Gasteiger partial charge in [0, 0.05) is 11.6 Å². The molecule has 0 unspecified atom stereocenters. The number of benzene rings is 3. The highest BCUT2D eigenvalue weighted by molar-refractivity contribution is 5.95. The summed E-state index contributed by atoms with van der Waals surface area (Å²) in [7, 11) is 3.10. The van der Waals surface area contributed by atoms with Gasteiger partial charge < -0.3 is 19.5 Å². The quantitative estimate of drug-likeness (QED) is 0.458. The maximum Gasteiger partial charge on any atom is 0.265 e. The van der Waals surface area contributed by atoms with Gasteiger partial charge in [-0.2, -0.15) is 0 Å². The van der Waals surface area contributed by atoms with Gasteiger partial charge in [-0.3, -0.25) is 9.78 Å². The van der Waals surface area contributed by atoms with Gasteiger partial charge in [0.25, 0.3) is 5.91 Å². The van der Waals surface area contributed by atoms with Crippen LogP contribution in [0.4, 0.5) is 5.69 Å². The van der Waals surface area contributed by atoms with E-state index in [-0.39, 0.29) is 5.91 Å². The van der Waals surface area contributed by atoms with E-state index in [0.29, 0.717) is 22.9 Å². The smallest absolute Gasteiger partial charge is 0.265 e. The molecule has 1 N–H and O–H groups in total. The Hall–Kier alpha value is -4.13. The van der Waals surface area contributed by atoms with Crippen LogP contribution >= 0.6 is 0 Å². The monoisotopic (exact) mass is 429 g/mol. The summed E-state index contributed by atoms with van der Waals surface area (Å²) in [6, 6.07) is 20.3. The van der Waals surface area contributed by atoms with Crippen LogP contribution in [0.5, 0.6) is 17.2 Å². The number of hydrogen-bond donors (Lipinski definition) is 1. The average molecular weight is 429 g/mol. The first kappa shape index (κ1) is 21.1. The van der Waals surface area contributed by atoms with Crippen molar-refractivity contribution >= 4 is 22.6 Å². The summed E-state index contributed by atoms with van der Waals surface area (Å²) in [6.07, 6.45) is 1.03. The molecule has 0 aliphatic heterocycles. The van der Waals surface area contributed by atoms with Crippen LogP contribution in [0.2, 0.25) is 0 Å². The Balaban J connectivity index is 1.43. The normalized spacial score (nSPS) is 11.6. The molecule has 32 heavy (non-hydrogen) atoms. The Labute approximate surface area is 186 Å². The van der Waals surface area contributed by atoms with Crippen LogP contribution in [-0.4, -0.2) is 36.2 Å². The first-order valence-electron chi connectivity index (χ1n) is 10.1. The van der Waals surface area contributed by atoms with Crippen LogP contribution in [0.25, 0.3) is 22.3 Å². The number of fused-ring (bicyclic) bond motifs is 1. The summed E-state index contributed by atoms with van der Waals surface area (Å²) in [6.45, 7) is 1.69. The molecular formula is C25H23N3O4. The highest BCUT2D eigenvalue weighted by Gasteiger charge is 2.17. The van der Waals surface area contributed by atoms with E-state index in [4.69, 9.17) is 14.2 Å². The lowest BCUT2D eigenvalue weighted by Gasteiger charge is -2.17. The molecule has 0 radical (unpaired) electrons. The van der Waals surface area contributed by atoms with Gasteiger partial charge >= 0.3 is 0 Å². The molecule has 4 aromatic rings. The molecule has 1 atom stereocenters. The van der Waals surface area contributed by atoms with Gasteiger partial charge in [0.1, 0.15) is 17.2 Å². The van der Waals surface area contributed by atoms with Crippen LogP contribution in [0.15, 0.2) is 72.9 Å². The number of methoxy groups -OCH3 is 2. The molecule has 3 aromatic carbocycles. The maximum absolute atomic E-state index is 12.6. The van der Waals surface area contributed by atoms with Gasteiger partial charge in [-0.15, -0.1) is 0 Å². The SMILES string of the molecule is COc1ccc(NC(=O)[C@@H](C)Oc2ccc(-c3cnc4ccccc4n3)cc2)c(OC)c1. The zero-order chi connectivity index (χ0) is 22.5. The number of nitrogens with zero attached hydrogens (tertiary/aromatic N) is 2. The largest absolute Gasteiger partial charge is 0.497 e. The Bertz CT molecular complexity index is 1240. The zero-order valence-corrected chi connectivity index (χ0v) is 18.0. The number of nitrogens with one attached hydrogen (secondary N) is 1. The molecule has 0 spiro atoms. The molecule has 7 heteroatoms. The molecule has 1 aromatic heterocycles. The molecule has 0 saturated carbocycles. The second-order valence-corrected chi connectivity index (χ2v) is 7.08. The molecular weight excluding hydrogens is 406 g/mol.